The van der Waals surface area contributed by atoms with Gasteiger partial charge in [0.1, 0.15) is 11.2 Å². The summed E-state index contributed by atoms with van der Waals surface area (Å²) in [6.07, 6.45) is 5.22. The highest BCUT2D eigenvalue weighted by Gasteiger charge is 2.29. The van der Waals surface area contributed by atoms with Crippen molar-refractivity contribution in [2.75, 3.05) is 13.1 Å². The van der Waals surface area contributed by atoms with Gasteiger partial charge in [0.15, 0.2) is 5.65 Å². The summed E-state index contributed by atoms with van der Waals surface area (Å²) in [7, 11) is 0. The first-order valence-electron chi connectivity index (χ1n) is 9.34. The molecule has 142 valence electrons. The second-order valence-corrected chi connectivity index (χ2v) is 7.71. The molecule has 28 heavy (non-hydrogen) atoms. The van der Waals surface area contributed by atoms with Gasteiger partial charge in [-0.25, -0.2) is 9.97 Å². The third-order valence-corrected chi connectivity index (χ3v) is 5.80. The quantitative estimate of drug-likeness (QED) is 0.540. The fraction of sp³-hybridized carbons (Fsp3) is 0.300. The summed E-state index contributed by atoms with van der Waals surface area (Å²) in [5, 5.41) is 8.99. The van der Waals surface area contributed by atoms with Gasteiger partial charge in [-0.2, -0.15) is 5.10 Å². The molecular weight excluding hydrogens is 376 g/mol. The number of hydrogen-bond donors (Lipinski definition) is 2. The van der Waals surface area contributed by atoms with E-state index in [0.717, 1.165) is 47.1 Å². The molecule has 0 saturated carbocycles. The summed E-state index contributed by atoms with van der Waals surface area (Å²) in [5.41, 5.74) is 4.85. The number of aromatic amines is 2. The molecule has 0 aliphatic carbocycles. The highest BCUT2D eigenvalue weighted by molar-refractivity contribution is 6.31. The molecule has 3 aromatic heterocycles. The molecule has 0 spiro atoms. The average molecular weight is 395 g/mol. The predicted molar refractivity (Wildman–Crippen MR) is 108 cm³/mol. The Bertz CT molecular complexity index is 1200. The minimum Gasteiger partial charge on any atom is -0.350 e. The van der Waals surface area contributed by atoms with Crippen LogP contribution in [0.4, 0.5) is 0 Å². The normalized spacial score (nSPS) is 17.5. The predicted octanol–water partition coefficient (Wildman–Crippen LogP) is 3.82. The number of aromatic nitrogens is 5. The molecule has 1 aliphatic heterocycles. The molecule has 1 amide bonds. The first-order valence-corrected chi connectivity index (χ1v) is 9.71. The van der Waals surface area contributed by atoms with Crippen LogP contribution in [0.2, 0.25) is 5.02 Å². The lowest BCUT2D eigenvalue weighted by Gasteiger charge is -2.32. The first kappa shape index (κ1) is 17.2. The van der Waals surface area contributed by atoms with Crippen molar-refractivity contribution < 1.29 is 4.79 Å². The van der Waals surface area contributed by atoms with Crippen LogP contribution in [0.5, 0.6) is 0 Å². The Balaban J connectivity index is 1.45. The Kier molecular flexibility index (Phi) is 4.05. The van der Waals surface area contributed by atoms with Gasteiger partial charge in [-0.1, -0.05) is 11.6 Å². The molecule has 1 fully saturated rings. The standard InChI is InChI=1S/C20H19ClN6O/c1-11-14-9-13(21)4-5-15(14)24-16(11)20(28)27-8-2-3-12(10-27)17-18-19(26-25-17)23-7-6-22-18/h4-7,9,12,24H,2-3,8,10H2,1H3,(H,23,25,26)/t12-/m1/s1. The monoisotopic (exact) mass is 394 g/mol. The molecule has 1 saturated heterocycles. The van der Waals surface area contributed by atoms with Crippen LogP contribution in [-0.4, -0.2) is 49.0 Å². The smallest absolute Gasteiger partial charge is 0.270 e. The van der Waals surface area contributed by atoms with E-state index in [1.807, 2.05) is 30.0 Å². The number of likely N-dealkylation sites (tertiary alicyclic amines) is 1. The largest absolute Gasteiger partial charge is 0.350 e. The lowest BCUT2D eigenvalue weighted by atomic mass is 9.94. The van der Waals surface area contributed by atoms with Crippen LogP contribution in [-0.2, 0) is 0 Å². The second-order valence-electron chi connectivity index (χ2n) is 7.27. The zero-order valence-corrected chi connectivity index (χ0v) is 16.1. The number of aryl methyl sites for hydroxylation is 1. The van der Waals surface area contributed by atoms with Gasteiger partial charge in [0.2, 0.25) is 0 Å². The Labute approximate surface area is 166 Å². The fourth-order valence-electron chi connectivity index (χ4n) is 4.12. The Morgan fingerprint density at radius 1 is 1.29 bits per heavy atom. The van der Waals surface area contributed by atoms with Crippen LogP contribution in [0.25, 0.3) is 22.1 Å². The van der Waals surface area contributed by atoms with Gasteiger partial charge in [-0.15, -0.1) is 0 Å². The third-order valence-electron chi connectivity index (χ3n) is 5.57. The summed E-state index contributed by atoms with van der Waals surface area (Å²) < 4.78 is 0. The molecule has 1 aliphatic rings. The molecule has 4 heterocycles. The van der Waals surface area contributed by atoms with Crippen LogP contribution in [0, 0.1) is 6.92 Å². The molecule has 8 heteroatoms. The van der Waals surface area contributed by atoms with Crippen molar-refractivity contribution in [1.82, 2.24) is 30.0 Å². The van der Waals surface area contributed by atoms with Crippen molar-refractivity contribution in [2.45, 2.75) is 25.7 Å². The number of rotatable bonds is 2. The van der Waals surface area contributed by atoms with Crippen LogP contribution >= 0.6 is 11.6 Å². The summed E-state index contributed by atoms with van der Waals surface area (Å²) in [6, 6.07) is 5.64. The van der Waals surface area contributed by atoms with Crippen molar-refractivity contribution in [3.63, 3.8) is 0 Å². The number of fused-ring (bicyclic) bond motifs is 2. The molecule has 1 aromatic carbocycles. The van der Waals surface area contributed by atoms with Crippen LogP contribution < -0.4 is 0 Å². The lowest BCUT2D eigenvalue weighted by Crippen LogP contribution is -2.39. The number of H-pyrrole nitrogens is 2. The van der Waals surface area contributed by atoms with E-state index in [9.17, 15) is 4.79 Å². The molecule has 1 atom stereocenters. The van der Waals surface area contributed by atoms with Crippen molar-refractivity contribution in [3.05, 3.63) is 52.6 Å². The van der Waals surface area contributed by atoms with E-state index in [4.69, 9.17) is 11.6 Å². The number of carbonyl (C=O) groups excluding carboxylic acids is 1. The van der Waals surface area contributed by atoms with E-state index in [1.54, 1.807) is 12.4 Å². The maximum absolute atomic E-state index is 13.3. The molecule has 0 unspecified atom stereocenters. The summed E-state index contributed by atoms with van der Waals surface area (Å²) in [4.78, 5) is 27.1. The minimum absolute atomic E-state index is 0.0180. The van der Waals surface area contributed by atoms with Gasteiger partial charge in [0.25, 0.3) is 5.91 Å². The highest BCUT2D eigenvalue weighted by atomic mass is 35.5. The number of amides is 1. The van der Waals surface area contributed by atoms with Gasteiger partial charge in [-0.3, -0.25) is 9.89 Å². The lowest BCUT2D eigenvalue weighted by molar-refractivity contribution is 0.0700. The van der Waals surface area contributed by atoms with E-state index in [-0.39, 0.29) is 11.8 Å². The van der Waals surface area contributed by atoms with Crippen molar-refractivity contribution >= 4 is 39.6 Å². The van der Waals surface area contributed by atoms with Gasteiger partial charge in [0, 0.05) is 47.3 Å². The number of piperidine rings is 1. The fourth-order valence-corrected chi connectivity index (χ4v) is 4.29. The Morgan fingerprint density at radius 2 is 2.14 bits per heavy atom. The van der Waals surface area contributed by atoms with E-state index < -0.39 is 0 Å². The SMILES string of the molecule is Cc1c(C(=O)N2CCC[C@@H](c3[nH]nc4nccnc34)C2)[nH]c2ccc(Cl)cc12. The van der Waals surface area contributed by atoms with Gasteiger partial charge < -0.3 is 9.88 Å². The maximum Gasteiger partial charge on any atom is 0.270 e. The summed E-state index contributed by atoms with van der Waals surface area (Å²) >= 11 is 6.12. The first-order chi connectivity index (χ1) is 13.6. The number of carbonyl (C=O) groups is 1. The number of nitrogens with one attached hydrogen (secondary N) is 2. The summed E-state index contributed by atoms with van der Waals surface area (Å²) in [5.74, 6) is 0.183. The van der Waals surface area contributed by atoms with E-state index in [1.165, 1.54) is 0 Å². The van der Waals surface area contributed by atoms with E-state index in [2.05, 4.69) is 25.1 Å². The second kappa shape index (κ2) is 6.60. The van der Waals surface area contributed by atoms with Crippen molar-refractivity contribution in [3.8, 4) is 0 Å². The third kappa shape index (κ3) is 2.74. The molecular formula is C20H19ClN6O. The van der Waals surface area contributed by atoms with Gasteiger partial charge >= 0.3 is 0 Å². The molecule has 7 nitrogen and oxygen atoms in total. The van der Waals surface area contributed by atoms with Crippen LogP contribution in [0.1, 0.15) is 40.5 Å². The minimum atomic E-state index is 0.0180. The van der Waals surface area contributed by atoms with Crippen molar-refractivity contribution in [2.24, 2.45) is 0 Å². The number of nitrogens with zero attached hydrogens (tertiary/aromatic N) is 4. The highest BCUT2D eigenvalue weighted by Crippen LogP contribution is 2.31. The molecule has 0 bridgehead atoms. The number of halogens is 1. The van der Waals surface area contributed by atoms with Gasteiger partial charge in [0.05, 0.1) is 5.69 Å². The Morgan fingerprint density at radius 3 is 3.04 bits per heavy atom. The number of hydrogen-bond acceptors (Lipinski definition) is 4. The molecule has 4 aromatic rings. The van der Waals surface area contributed by atoms with Crippen LogP contribution in [0.3, 0.4) is 0 Å². The van der Waals surface area contributed by atoms with E-state index >= 15 is 0 Å². The van der Waals surface area contributed by atoms with Crippen LogP contribution in [0.15, 0.2) is 30.6 Å². The number of benzene rings is 1. The zero-order valence-electron chi connectivity index (χ0n) is 15.4. The topological polar surface area (TPSA) is 90.6 Å². The zero-order chi connectivity index (χ0) is 19.3. The van der Waals surface area contributed by atoms with E-state index in [0.29, 0.717) is 22.9 Å². The van der Waals surface area contributed by atoms with Crippen molar-refractivity contribution in [1.29, 1.82) is 0 Å². The van der Waals surface area contributed by atoms with Gasteiger partial charge in [-0.05, 0) is 43.5 Å². The molecule has 2 N–H and O–H groups in total. The maximum atomic E-state index is 13.3. The average Bonchev–Trinajstić information content (AvgIpc) is 3.29. The molecule has 5 rings (SSSR count). The summed E-state index contributed by atoms with van der Waals surface area (Å²) in [6.45, 7) is 3.33. The Hall–Kier alpha value is -2.93. The molecule has 0 radical (unpaired) electrons.